The number of nitrogens with one attached hydrogen (secondary N) is 1. The molecular formula is C12H18Br2N2O2S. The molecule has 19 heavy (non-hydrogen) atoms. The molecule has 0 spiro atoms. The molecule has 0 bridgehead atoms. The lowest BCUT2D eigenvalue weighted by atomic mass is 9.88. The average molecular weight is 414 g/mol. The summed E-state index contributed by atoms with van der Waals surface area (Å²) < 4.78 is 27.5. The van der Waals surface area contributed by atoms with Gasteiger partial charge in [-0.15, -0.1) is 0 Å². The lowest BCUT2D eigenvalue weighted by Gasteiger charge is -2.24. The van der Waals surface area contributed by atoms with E-state index in [-0.39, 0.29) is 10.3 Å². The van der Waals surface area contributed by atoms with E-state index in [1.54, 1.807) is 12.3 Å². The fourth-order valence-electron chi connectivity index (χ4n) is 1.55. The van der Waals surface area contributed by atoms with Crippen LogP contribution in [0, 0.1) is 5.41 Å². The summed E-state index contributed by atoms with van der Waals surface area (Å²) in [5.74, 6) is 0. The van der Waals surface area contributed by atoms with E-state index < -0.39 is 10.0 Å². The second-order valence-corrected chi connectivity index (χ2v) is 8.60. The standard InChI is InChI=1S/C12H18Br2N2O2S/c1-12(2,4-3-5-13)9-16-19(17,18)11-6-10(14)7-15-8-11/h6-8,16H,3-5,9H2,1-2H3. The van der Waals surface area contributed by atoms with E-state index in [2.05, 4.69) is 55.4 Å². The lowest BCUT2D eigenvalue weighted by molar-refractivity contribution is 0.332. The molecule has 0 saturated heterocycles. The summed E-state index contributed by atoms with van der Waals surface area (Å²) in [6.07, 6.45) is 4.88. The maximum absolute atomic E-state index is 12.1. The van der Waals surface area contributed by atoms with Crippen LogP contribution in [0.25, 0.3) is 0 Å². The largest absolute Gasteiger partial charge is 0.262 e. The van der Waals surface area contributed by atoms with Crippen molar-refractivity contribution in [2.75, 3.05) is 11.9 Å². The van der Waals surface area contributed by atoms with E-state index in [1.807, 2.05) is 0 Å². The fraction of sp³-hybridized carbons (Fsp3) is 0.583. The topological polar surface area (TPSA) is 59.1 Å². The molecule has 108 valence electrons. The molecule has 0 aliphatic heterocycles. The molecule has 1 aromatic rings. The van der Waals surface area contributed by atoms with Crippen molar-refractivity contribution >= 4 is 41.9 Å². The maximum Gasteiger partial charge on any atom is 0.242 e. The predicted octanol–water partition coefficient (Wildman–Crippen LogP) is 3.32. The van der Waals surface area contributed by atoms with E-state index in [9.17, 15) is 8.42 Å². The molecule has 0 unspecified atom stereocenters. The number of hydrogen-bond donors (Lipinski definition) is 1. The summed E-state index contributed by atoms with van der Waals surface area (Å²) in [4.78, 5) is 4.05. The number of aromatic nitrogens is 1. The first-order valence-corrected chi connectivity index (χ1v) is 9.33. The predicted molar refractivity (Wildman–Crippen MR) is 83.9 cm³/mol. The highest BCUT2D eigenvalue weighted by Gasteiger charge is 2.22. The van der Waals surface area contributed by atoms with E-state index in [1.165, 1.54) is 6.20 Å². The van der Waals surface area contributed by atoms with Crippen molar-refractivity contribution in [3.8, 4) is 0 Å². The number of hydrogen-bond acceptors (Lipinski definition) is 3. The van der Waals surface area contributed by atoms with Crippen LogP contribution in [0.2, 0.25) is 0 Å². The highest BCUT2D eigenvalue weighted by molar-refractivity contribution is 9.10. The Hall–Kier alpha value is 0.0200. The van der Waals surface area contributed by atoms with Crippen molar-refractivity contribution in [1.29, 1.82) is 0 Å². The molecule has 0 saturated carbocycles. The van der Waals surface area contributed by atoms with Gasteiger partial charge in [0.25, 0.3) is 0 Å². The highest BCUT2D eigenvalue weighted by atomic mass is 79.9. The van der Waals surface area contributed by atoms with Gasteiger partial charge in [-0.1, -0.05) is 29.8 Å². The molecular weight excluding hydrogens is 396 g/mol. The Balaban J connectivity index is 2.71. The smallest absolute Gasteiger partial charge is 0.242 e. The molecule has 0 radical (unpaired) electrons. The third-order valence-electron chi connectivity index (χ3n) is 2.72. The lowest BCUT2D eigenvalue weighted by Crippen LogP contribution is -2.34. The number of sulfonamides is 1. The Kier molecular flexibility index (Phi) is 6.42. The van der Waals surface area contributed by atoms with Crippen LogP contribution in [0.4, 0.5) is 0 Å². The Morgan fingerprint density at radius 3 is 2.63 bits per heavy atom. The fourth-order valence-corrected chi connectivity index (χ4v) is 3.57. The van der Waals surface area contributed by atoms with Gasteiger partial charge in [-0.3, -0.25) is 4.98 Å². The minimum Gasteiger partial charge on any atom is -0.262 e. The molecule has 1 N–H and O–H groups in total. The molecule has 4 nitrogen and oxygen atoms in total. The second-order valence-electron chi connectivity index (χ2n) is 5.12. The van der Waals surface area contributed by atoms with Gasteiger partial charge in [-0.05, 0) is 40.3 Å². The summed E-state index contributed by atoms with van der Waals surface area (Å²) in [5.41, 5.74) is -0.0692. The van der Waals surface area contributed by atoms with Gasteiger partial charge in [0.1, 0.15) is 4.90 Å². The van der Waals surface area contributed by atoms with Gasteiger partial charge in [0.15, 0.2) is 0 Å². The summed E-state index contributed by atoms with van der Waals surface area (Å²) in [7, 11) is -3.50. The molecule has 0 aromatic carbocycles. The molecule has 0 amide bonds. The molecule has 1 rings (SSSR count). The Morgan fingerprint density at radius 1 is 1.37 bits per heavy atom. The number of pyridine rings is 1. The quantitative estimate of drug-likeness (QED) is 0.697. The number of alkyl halides is 1. The second kappa shape index (κ2) is 7.15. The monoisotopic (exact) mass is 412 g/mol. The van der Waals surface area contributed by atoms with Crippen LogP contribution >= 0.6 is 31.9 Å². The van der Waals surface area contributed by atoms with Crippen LogP contribution in [0.5, 0.6) is 0 Å². The molecule has 0 fully saturated rings. The van der Waals surface area contributed by atoms with Crippen LogP contribution in [-0.4, -0.2) is 25.3 Å². The van der Waals surface area contributed by atoms with Crippen molar-refractivity contribution in [2.45, 2.75) is 31.6 Å². The summed E-state index contributed by atoms with van der Waals surface area (Å²) in [6.45, 7) is 4.52. The zero-order chi connectivity index (χ0) is 14.5. The van der Waals surface area contributed by atoms with E-state index >= 15 is 0 Å². The maximum atomic E-state index is 12.1. The van der Waals surface area contributed by atoms with Crippen LogP contribution in [0.15, 0.2) is 27.8 Å². The van der Waals surface area contributed by atoms with Crippen LogP contribution in [0.1, 0.15) is 26.7 Å². The number of rotatable bonds is 7. The van der Waals surface area contributed by atoms with Gasteiger partial charge in [0.2, 0.25) is 10.0 Å². The van der Waals surface area contributed by atoms with Gasteiger partial charge in [0.05, 0.1) is 0 Å². The SMILES string of the molecule is CC(C)(CCCBr)CNS(=O)(=O)c1cncc(Br)c1. The molecule has 7 heteroatoms. The van der Waals surface area contributed by atoms with Gasteiger partial charge < -0.3 is 0 Å². The molecule has 0 aliphatic carbocycles. The van der Waals surface area contributed by atoms with Crippen LogP contribution in [-0.2, 0) is 10.0 Å². The van der Waals surface area contributed by atoms with E-state index in [0.717, 1.165) is 18.2 Å². The van der Waals surface area contributed by atoms with E-state index in [4.69, 9.17) is 0 Å². The first-order valence-electron chi connectivity index (χ1n) is 5.93. The van der Waals surface area contributed by atoms with Crippen molar-refractivity contribution in [3.05, 3.63) is 22.9 Å². The summed E-state index contributed by atoms with van der Waals surface area (Å²) in [6, 6.07) is 1.54. The zero-order valence-corrected chi connectivity index (χ0v) is 15.0. The minimum atomic E-state index is -3.50. The van der Waals surface area contributed by atoms with Crippen LogP contribution in [0.3, 0.4) is 0 Å². The zero-order valence-electron chi connectivity index (χ0n) is 11.0. The number of nitrogens with zero attached hydrogens (tertiary/aromatic N) is 1. The third kappa shape index (κ3) is 5.89. The molecule has 1 heterocycles. The minimum absolute atomic E-state index is 0.0692. The number of halogens is 2. The normalized spacial score (nSPS) is 12.6. The average Bonchev–Trinajstić information content (AvgIpc) is 2.34. The Morgan fingerprint density at radius 2 is 2.05 bits per heavy atom. The summed E-state index contributed by atoms with van der Waals surface area (Å²) >= 11 is 6.60. The van der Waals surface area contributed by atoms with Gasteiger partial charge in [-0.2, -0.15) is 0 Å². The van der Waals surface area contributed by atoms with Crippen LogP contribution < -0.4 is 4.72 Å². The Labute approximate surface area is 131 Å². The first kappa shape index (κ1) is 17.1. The van der Waals surface area contributed by atoms with Gasteiger partial charge in [-0.25, -0.2) is 13.1 Å². The Bertz CT molecular complexity index is 518. The summed E-state index contributed by atoms with van der Waals surface area (Å²) in [5, 5.41) is 0.929. The third-order valence-corrected chi connectivity index (χ3v) is 5.08. The van der Waals surface area contributed by atoms with Crippen molar-refractivity contribution < 1.29 is 8.42 Å². The van der Waals surface area contributed by atoms with Crippen molar-refractivity contribution in [2.24, 2.45) is 5.41 Å². The molecule has 0 atom stereocenters. The van der Waals surface area contributed by atoms with Crippen molar-refractivity contribution in [3.63, 3.8) is 0 Å². The molecule has 0 aliphatic rings. The van der Waals surface area contributed by atoms with Gasteiger partial charge >= 0.3 is 0 Å². The van der Waals surface area contributed by atoms with Gasteiger partial charge in [0, 0.05) is 28.7 Å². The van der Waals surface area contributed by atoms with Crippen molar-refractivity contribution in [1.82, 2.24) is 9.71 Å². The van der Waals surface area contributed by atoms with E-state index in [0.29, 0.717) is 11.0 Å². The molecule has 1 aromatic heterocycles. The highest BCUT2D eigenvalue weighted by Crippen LogP contribution is 2.23. The first-order chi connectivity index (χ1) is 8.77.